The van der Waals surface area contributed by atoms with Gasteiger partial charge in [-0.05, 0) is 63.1 Å². The maximum Gasteiger partial charge on any atom is 0.490 e. The molecule has 32 heavy (non-hydrogen) atoms. The van der Waals surface area contributed by atoms with E-state index < -0.39 is 12.1 Å². The van der Waals surface area contributed by atoms with Crippen LogP contribution in [-0.2, 0) is 4.79 Å². The van der Waals surface area contributed by atoms with Crippen LogP contribution in [0.3, 0.4) is 0 Å². The number of nitrogens with zero attached hydrogens (tertiary/aromatic N) is 3. The average Bonchev–Trinajstić information content (AvgIpc) is 3.28. The van der Waals surface area contributed by atoms with Gasteiger partial charge in [0.25, 0.3) is 0 Å². The van der Waals surface area contributed by atoms with Crippen molar-refractivity contribution in [2.45, 2.75) is 50.0 Å². The summed E-state index contributed by atoms with van der Waals surface area (Å²) < 4.78 is 43.2. The molecule has 3 aromatic rings. The Morgan fingerprint density at radius 1 is 1.12 bits per heavy atom. The predicted molar refractivity (Wildman–Crippen MR) is 109 cm³/mol. The number of alkyl halides is 3. The van der Waals surface area contributed by atoms with Gasteiger partial charge in [-0.3, -0.25) is 0 Å². The summed E-state index contributed by atoms with van der Waals surface area (Å²) in [6.45, 7) is 0. The predicted octanol–water partition coefficient (Wildman–Crippen LogP) is 4.53. The topological polar surface area (TPSA) is 88.7 Å². The zero-order chi connectivity index (χ0) is 22.9. The van der Waals surface area contributed by atoms with Gasteiger partial charge in [-0.25, -0.2) is 4.79 Å². The highest BCUT2D eigenvalue weighted by molar-refractivity contribution is 5.82. The molecule has 2 aliphatic heterocycles. The number of ether oxygens (including phenoxy) is 1. The van der Waals surface area contributed by atoms with Crippen LogP contribution in [0, 0.1) is 0 Å². The van der Waals surface area contributed by atoms with Crippen molar-refractivity contribution < 1.29 is 32.2 Å². The lowest BCUT2D eigenvalue weighted by molar-refractivity contribution is -0.192. The Bertz CT molecular complexity index is 1070. The van der Waals surface area contributed by atoms with Gasteiger partial charge < -0.3 is 19.2 Å². The van der Waals surface area contributed by atoms with E-state index in [2.05, 4.69) is 28.2 Å². The summed E-state index contributed by atoms with van der Waals surface area (Å²) in [7, 11) is 2.24. The number of piperidine rings is 1. The molecule has 4 heterocycles. The number of carboxylic acid groups (broad SMARTS) is 1. The number of furan rings is 1. The van der Waals surface area contributed by atoms with Gasteiger partial charge in [0.15, 0.2) is 0 Å². The minimum absolute atomic E-state index is 0.260. The quantitative estimate of drug-likeness (QED) is 0.629. The zero-order valence-electron chi connectivity index (χ0n) is 17.2. The van der Waals surface area contributed by atoms with E-state index in [-0.39, 0.29) is 6.10 Å². The largest absolute Gasteiger partial charge is 0.490 e. The maximum atomic E-state index is 10.6. The lowest BCUT2D eigenvalue weighted by Crippen LogP contribution is -2.43. The molecule has 0 aliphatic carbocycles. The van der Waals surface area contributed by atoms with Gasteiger partial charge in [-0.2, -0.15) is 13.2 Å². The summed E-state index contributed by atoms with van der Waals surface area (Å²) in [6, 6.07) is 13.2. The van der Waals surface area contributed by atoms with E-state index in [0.717, 1.165) is 35.1 Å². The molecule has 2 bridgehead atoms. The average molecular weight is 449 g/mol. The van der Waals surface area contributed by atoms with Crippen LogP contribution in [-0.4, -0.2) is 57.6 Å². The van der Waals surface area contributed by atoms with Crippen molar-refractivity contribution in [2.75, 3.05) is 7.05 Å². The SMILES string of the molecule is CN1C2CCC1CC(Oc1ccc(-c3ccc4occc4c3)nn1)C2.O=C(O)C(F)(F)F. The van der Waals surface area contributed by atoms with Gasteiger partial charge in [-0.15, -0.1) is 10.2 Å². The van der Waals surface area contributed by atoms with Gasteiger partial charge in [0.05, 0.1) is 12.0 Å². The van der Waals surface area contributed by atoms with Crippen molar-refractivity contribution in [3.8, 4) is 17.1 Å². The third-order valence-corrected chi connectivity index (χ3v) is 5.97. The number of halogens is 3. The van der Waals surface area contributed by atoms with E-state index in [0.29, 0.717) is 18.0 Å². The van der Waals surface area contributed by atoms with Crippen LogP contribution < -0.4 is 4.74 Å². The molecule has 0 radical (unpaired) electrons. The summed E-state index contributed by atoms with van der Waals surface area (Å²) in [4.78, 5) is 11.4. The van der Waals surface area contributed by atoms with E-state index in [1.165, 1.54) is 12.8 Å². The van der Waals surface area contributed by atoms with E-state index in [9.17, 15) is 13.2 Å². The molecular formula is C22H22F3N3O4. The number of benzene rings is 1. The number of aliphatic carboxylic acids is 1. The standard InChI is InChI=1S/C20H21N3O2.C2HF3O2/c1-23-15-3-4-16(23)12-17(11-15)25-20-7-5-18(21-22-20)13-2-6-19-14(10-13)8-9-24-19;3-2(4,5)1(6)7/h2,5-10,15-17H,3-4,11-12H2,1H3;(H,6,7). The Hall–Kier alpha value is -3.14. The van der Waals surface area contributed by atoms with Crippen molar-refractivity contribution in [3.63, 3.8) is 0 Å². The molecule has 0 amide bonds. The molecule has 10 heteroatoms. The Labute approximate surface area is 181 Å². The summed E-state index contributed by atoms with van der Waals surface area (Å²) in [6.07, 6.45) is 1.65. The fraction of sp³-hybridized carbons (Fsp3) is 0.409. The van der Waals surface area contributed by atoms with Gasteiger partial charge in [0.2, 0.25) is 5.88 Å². The fourth-order valence-electron chi connectivity index (χ4n) is 4.29. The normalized spacial score (nSPS) is 22.9. The minimum atomic E-state index is -5.08. The molecule has 0 spiro atoms. The molecule has 2 aromatic heterocycles. The Kier molecular flexibility index (Phi) is 6.05. The summed E-state index contributed by atoms with van der Waals surface area (Å²) in [5.74, 6) is -2.13. The van der Waals surface area contributed by atoms with Gasteiger partial charge >= 0.3 is 12.1 Å². The Morgan fingerprint density at radius 3 is 2.41 bits per heavy atom. The number of hydrogen-bond donors (Lipinski definition) is 1. The maximum absolute atomic E-state index is 10.6. The summed E-state index contributed by atoms with van der Waals surface area (Å²) in [5.41, 5.74) is 2.76. The first-order valence-electron chi connectivity index (χ1n) is 10.2. The number of rotatable bonds is 3. The molecule has 2 fully saturated rings. The van der Waals surface area contributed by atoms with E-state index >= 15 is 0 Å². The highest BCUT2D eigenvalue weighted by atomic mass is 19.4. The first-order chi connectivity index (χ1) is 15.2. The summed E-state index contributed by atoms with van der Waals surface area (Å²) in [5, 5.41) is 16.9. The number of fused-ring (bicyclic) bond motifs is 3. The Morgan fingerprint density at radius 2 is 1.81 bits per heavy atom. The lowest BCUT2D eigenvalue weighted by atomic mass is 10.0. The molecule has 2 saturated heterocycles. The molecular weight excluding hydrogens is 427 g/mol. The second-order valence-electron chi connectivity index (χ2n) is 7.99. The second kappa shape index (κ2) is 8.78. The Balaban J connectivity index is 0.000000307. The van der Waals surface area contributed by atoms with Crippen LogP contribution in [0.5, 0.6) is 5.88 Å². The molecule has 170 valence electrons. The van der Waals surface area contributed by atoms with Gasteiger partial charge in [0.1, 0.15) is 11.7 Å². The van der Waals surface area contributed by atoms with Gasteiger partial charge in [0, 0.05) is 29.1 Å². The number of carbonyl (C=O) groups is 1. The van der Waals surface area contributed by atoms with Crippen molar-refractivity contribution >= 4 is 16.9 Å². The van der Waals surface area contributed by atoms with Crippen molar-refractivity contribution in [2.24, 2.45) is 0 Å². The third kappa shape index (κ3) is 4.85. The molecule has 1 aromatic carbocycles. The second-order valence-corrected chi connectivity index (χ2v) is 7.99. The van der Waals surface area contributed by atoms with Crippen molar-refractivity contribution in [1.82, 2.24) is 15.1 Å². The number of aromatic nitrogens is 2. The fourth-order valence-corrected chi connectivity index (χ4v) is 4.29. The first-order valence-corrected chi connectivity index (χ1v) is 10.2. The van der Waals surface area contributed by atoms with E-state index in [1.807, 2.05) is 30.3 Å². The number of carboxylic acids is 1. The summed E-state index contributed by atoms with van der Waals surface area (Å²) >= 11 is 0. The highest BCUT2D eigenvalue weighted by Crippen LogP contribution is 2.35. The van der Waals surface area contributed by atoms with Crippen molar-refractivity contribution in [3.05, 3.63) is 42.7 Å². The zero-order valence-corrected chi connectivity index (χ0v) is 17.2. The molecule has 1 N–H and O–H groups in total. The first kappa shape index (κ1) is 22.1. The van der Waals surface area contributed by atoms with Crippen LogP contribution in [0.15, 0.2) is 47.1 Å². The molecule has 2 aliphatic rings. The molecule has 7 nitrogen and oxygen atoms in total. The van der Waals surface area contributed by atoms with Crippen LogP contribution in [0.1, 0.15) is 25.7 Å². The van der Waals surface area contributed by atoms with Crippen LogP contribution in [0.2, 0.25) is 0 Å². The smallest absolute Gasteiger partial charge is 0.475 e. The van der Waals surface area contributed by atoms with Gasteiger partial charge in [-0.1, -0.05) is 0 Å². The lowest BCUT2D eigenvalue weighted by Gasteiger charge is -2.35. The molecule has 5 rings (SSSR count). The molecule has 2 unspecified atom stereocenters. The highest BCUT2D eigenvalue weighted by Gasteiger charge is 2.39. The number of hydrogen-bond acceptors (Lipinski definition) is 6. The third-order valence-electron chi connectivity index (χ3n) is 5.97. The minimum Gasteiger partial charge on any atom is -0.475 e. The molecule has 2 atom stereocenters. The van der Waals surface area contributed by atoms with Crippen molar-refractivity contribution in [1.29, 1.82) is 0 Å². The van der Waals surface area contributed by atoms with E-state index in [1.54, 1.807) is 6.26 Å². The van der Waals surface area contributed by atoms with Crippen LogP contribution >= 0.6 is 0 Å². The molecule has 0 saturated carbocycles. The van der Waals surface area contributed by atoms with Crippen LogP contribution in [0.4, 0.5) is 13.2 Å². The van der Waals surface area contributed by atoms with E-state index in [4.69, 9.17) is 19.1 Å². The monoisotopic (exact) mass is 449 g/mol. The van der Waals surface area contributed by atoms with Crippen LogP contribution in [0.25, 0.3) is 22.2 Å².